The highest BCUT2D eigenvalue weighted by atomic mass is 32.2. The number of rotatable bonds is 8. The minimum absolute atomic E-state index is 0.0244. The van der Waals surface area contributed by atoms with Gasteiger partial charge in [0, 0.05) is 55.4 Å². The lowest BCUT2D eigenvalue weighted by Gasteiger charge is -2.39. The lowest BCUT2D eigenvalue weighted by atomic mass is 10.1. The number of likely N-dealkylation sites (tertiary alicyclic amines) is 1. The SMILES string of the molecule is COc1ccc(CS[C@H]2C[C@@H](C(=O)N3CCN(C)C(C)C3)N(C(=O)OCc3ccc([N+](=O)[O-])cc3)C2)cc1. The molecule has 0 bridgehead atoms. The van der Waals surface area contributed by atoms with Gasteiger partial charge < -0.3 is 19.3 Å². The Balaban J connectivity index is 1.42. The minimum Gasteiger partial charge on any atom is -0.497 e. The highest BCUT2D eigenvalue weighted by molar-refractivity contribution is 7.99. The molecule has 204 valence electrons. The van der Waals surface area contributed by atoms with E-state index >= 15 is 0 Å². The topological polar surface area (TPSA) is 105 Å². The van der Waals surface area contributed by atoms with Crippen LogP contribution >= 0.6 is 11.8 Å². The van der Waals surface area contributed by atoms with Crippen LogP contribution in [0.5, 0.6) is 5.75 Å². The number of methoxy groups -OCH3 is 1. The normalized spacial score (nSPS) is 21.8. The molecule has 0 spiro atoms. The van der Waals surface area contributed by atoms with Crippen LogP contribution in [0, 0.1) is 10.1 Å². The highest BCUT2D eigenvalue weighted by Crippen LogP contribution is 2.32. The van der Waals surface area contributed by atoms with Gasteiger partial charge in [-0.1, -0.05) is 12.1 Å². The quantitative estimate of drug-likeness (QED) is 0.367. The van der Waals surface area contributed by atoms with Crippen LogP contribution in [0.4, 0.5) is 10.5 Å². The number of hydrogen-bond donors (Lipinski definition) is 0. The maximum Gasteiger partial charge on any atom is 0.410 e. The summed E-state index contributed by atoms with van der Waals surface area (Å²) in [6, 6.07) is 13.4. The van der Waals surface area contributed by atoms with Gasteiger partial charge in [-0.3, -0.25) is 19.8 Å². The number of carbonyl (C=O) groups is 2. The zero-order valence-electron chi connectivity index (χ0n) is 21.9. The molecule has 3 atom stereocenters. The van der Waals surface area contributed by atoms with Crippen LogP contribution in [0.1, 0.15) is 24.5 Å². The Morgan fingerprint density at radius 1 is 1.05 bits per heavy atom. The van der Waals surface area contributed by atoms with Crippen LogP contribution in [-0.2, 0) is 21.9 Å². The molecule has 2 amide bonds. The van der Waals surface area contributed by atoms with Gasteiger partial charge in [-0.2, -0.15) is 11.8 Å². The number of hydrogen-bond acceptors (Lipinski definition) is 8. The van der Waals surface area contributed by atoms with Crippen molar-refractivity contribution in [2.45, 2.75) is 43.0 Å². The Bertz CT molecular complexity index is 1130. The second kappa shape index (κ2) is 12.5. The number of non-ortho nitro benzene ring substituents is 1. The van der Waals surface area contributed by atoms with E-state index in [-0.39, 0.29) is 29.5 Å². The Hall–Kier alpha value is -3.31. The second-order valence-electron chi connectivity index (χ2n) is 9.78. The van der Waals surface area contributed by atoms with Crippen molar-refractivity contribution in [1.82, 2.24) is 14.7 Å². The highest BCUT2D eigenvalue weighted by Gasteiger charge is 2.43. The van der Waals surface area contributed by atoms with Crippen molar-refractivity contribution in [2.75, 3.05) is 40.3 Å². The molecule has 2 aliphatic heterocycles. The zero-order valence-corrected chi connectivity index (χ0v) is 22.8. The van der Waals surface area contributed by atoms with Crippen LogP contribution in [0.2, 0.25) is 0 Å². The minimum atomic E-state index is -0.580. The van der Waals surface area contributed by atoms with E-state index in [4.69, 9.17) is 9.47 Å². The maximum absolute atomic E-state index is 13.6. The van der Waals surface area contributed by atoms with E-state index in [1.54, 1.807) is 35.9 Å². The van der Waals surface area contributed by atoms with Crippen molar-refractivity contribution in [3.8, 4) is 5.75 Å². The molecular formula is C27H34N4O6S. The van der Waals surface area contributed by atoms with Gasteiger partial charge >= 0.3 is 6.09 Å². The zero-order chi connectivity index (χ0) is 27.2. The molecule has 2 aromatic carbocycles. The smallest absolute Gasteiger partial charge is 0.410 e. The molecule has 0 radical (unpaired) electrons. The first-order valence-electron chi connectivity index (χ1n) is 12.7. The fraction of sp³-hybridized carbons (Fsp3) is 0.481. The van der Waals surface area contributed by atoms with Gasteiger partial charge in [0.05, 0.1) is 12.0 Å². The summed E-state index contributed by atoms with van der Waals surface area (Å²) in [6.07, 6.45) is 0.0175. The molecule has 0 N–H and O–H groups in total. The molecule has 11 heteroatoms. The molecule has 2 saturated heterocycles. The van der Waals surface area contributed by atoms with Gasteiger partial charge in [0.15, 0.2) is 0 Å². The molecule has 0 saturated carbocycles. The van der Waals surface area contributed by atoms with Crippen molar-refractivity contribution in [3.05, 3.63) is 69.8 Å². The maximum atomic E-state index is 13.6. The van der Waals surface area contributed by atoms with Gasteiger partial charge in [-0.05, 0) is 55.8 Å². The van der Waals surface area contributed by atoms with Gasteiger partial charge in [-0.25, -0.2) is 4.79 Å². The number of thioether (sulfide) groups is 1. The van der Waals surface area contributed by atoms with Gasteiger partial charge in [0.1, 0.15) is 18.4 Å². The standard InChI is InChI=1S/C27H34N4O6S/c1-19-15-29(13-12-28(19)2)26(32)25-14-24(38-18-21-6-10-23(36-3)11-7-21)16-30(25)27(33)37-17-20-4-8-22(9-5-20)31(34)35/h4-11,19,24-25H,12-18H2,1-3H3/t19?,24-,25-/m0/s1. The Morgan fingerprint density at radius 3 is 2.37 bits per heavy atom. The molecule has 0 aliphatic carbocycles. The van der Waals surface area contributed by atoms with Crippen molar-refractivity contribution in [2.24, 2.45) is 0 Å². The monoisotopic (exact) mass is 542 g/mol. The summed E-state index contributed by atoms with van der Waals surface area (Å²) in [5.41, 5.74) is 1.76. The van der Waals surface area contributed by atoms with Crippen molar-refractivity contribution in [3.63, 3.8) is 0 Å². The van der Waals surface area contributed by atoms with Crippen LogP contribution in [0.25, 0.3) is 0 Å². The number of carbonyl (C=O) groups excluding carboxylic acids is 2. The number of likely N-dealkylation sites (N-methyl/N-ethyl adjacent to an activating group) is 1. The van der Waals surface area contributed by atoms with Crippen LogP contribution in [0.15, 0.2) is 48.5 Å². The molecular weight excluding hydrogens is 508 g/mol. The number of nitrogens with zero attached hydrogens (tertiary/aromatic N) is 4. The molecule has 2 aliphatic rings. The molecule has 1 unspecified atom stereocenters. The van der Waals surface area contributed by atoms with Crippen LogP contribution in [0.3, 0.4) is 0 Å². The Labute approximate surface area is 227 Å². The third kappa shape index (κ3) is 6.76. The number of nitro benzene ring substituents is 1. The van der Waals surface area contributed by atoms with E-state index in [1.807, 2.05) is 29.2 Å². The number of nitro groups is 1. The summed E-state index contributed by atoms with van der Waals surface area (Å²) in [5, 5.41) is 11.0. The summed E-state index contributed by atoms with van der Waals surface area (Å²) in [4.78, 5) is 42.9. The largest absolute Gasteiger partial charge is 0.497 e. The molecule has 2 aromatic rings. The molecule has 2 fully saturated rings. The fourth-order valence-electron chi connectivity index (χ4n) is 4.69. The molecule has 10 nitrogen and oxygen atoms in total. The predicted octanol–water partition coefficient (Wildman–Crippen LogP) is 3.78. The second-order valence-corrected chi connectivity index (χ2v) is 11.1. The molecule has 4 rings (SSSR count). The average Bonchev–Trinajstić information content (AvgIpc) is 3.36. The number of amides is 2. The number of benzene rings is 2. The van der Waals surface area contributed by atoms with Gasteiger partial charge in [0.25, 0.3) is 5.69 Å². The van der Waals surface area contributed by atoms with E-state index in [0.29, 0.717) is 31.6 Å². The van der Waals surface area contributed by atoms with Crippen LogP contribution in [-0.4, -0.2) is 89.3 Å². The van der Waals surface area contributed by atoms with Crippen molar-refractivity contribution in [1.29, 1.82) is 0 Å². The fourth-order valence-corrected chi connectivity index (χ4v) is 5.90. The molecule has 0 aromatic heterocycles. The number of piperazine rings is 1. The number of ether oxygens (including phenoxy) is 2. The van der Waals surface area contributed by atoms with Gasteiger partial charge in [-0.15, -0.1) is 0 Å². The first-order chi connectivity index (χ1) is 18.2. The summed E-state index contributed by atoms with van der Waals surface area (Å²) in [6.45, 7) is 4.54. The van der Waals surface area contributed by atoms with Gasteiger partial charge in [0.2, 0.25) is 5.91 Å². The molecule has 38 heavy (non-hydrogen) atoms. The summed E-state index contributed by atoms with van der Waals surface area (Å²) in [7, 11) is 3.69. The first-order valence-corrected chi connectivity index (χ1v) is 13.7. The third-order valence-corrected chi connectivity index (χ3v) is 8.52. The first kappa shape index (κ1) is 27.7. The lowest BCUT2D eigenvalue weighted by Crippen LogP contribution is -2.56. The van der Waals surface area contributed by atoms with Crippen molar-refractivity contribution >= 4 is 29.4 Å². The Morgan fingerprint density at radius 2 is 1.74 bits per heavy atom. The summed E-state index contributed by atoms with van der Waals surface area (Å²) < 4.78 is 10.8. The van der Waals surface area contributed by atoms with Crippen molar-refractivity contribution < 1.29 is 24.0 Å². The summed E-state index contributed by atoms with van der Waals surface area (Å²) >= 11 is 1.73. The van der Waals surface area contributed by atoms with E-state index in [1.165, 1.54) is 12.1 Å². The third-order valence-electron chi connectivity index (χ3n) is 7.21. The van der Waals surface area contributed by atoms with Crippen LogP contribution < -0.4 is 4.74 Å². The summed E-state index contributed by atoms with van der Waals surface area (Å²) in [5.74, 6) is 1.52. The predicted molar refractivity (Wildman–Crippen MR) is 145 cm³/mol. The molecule has 2 heterocycles. The average molecular weight is 543 g/mol. The Kier molecular flexibility index (Phi) is 9.11. The van der Waals surface area contributed by atoms with E-state index in [0.717, 1.165) is 23.6 Å². The van der Waals surface area contributed by atoms with E-state index in [9.17, 15) is 19.7 Å². The lowest BCUT2D eigenvalue weighted by molar-refractivity contribution is -0.384. The van der Waals surface area contributed by atoms with E-state index < -0.39 is 17.1 Å². The van der Waals surface area contributed by atoms with E-state index in [2.05, 4.69) is 18.9 Å².